The number of nitro groups is 1. The summed E-state index contributed by atoms with van der Waals surface area (Å²) in [6.07, 6.45) is 4.40. The van der Waals surface area contributed by atoms with Gasteiger partial charge in [0.05, 0.1) is 40.2 Å². The lowest BCUT2D eigenvalue weighted by molar-refractivity contribution is -0.385. The molecule has 0 amide bonds. The zero-order valence-corrected chi connectivity index (χ0v) is 19.0. The lowest BCUT2D eigenvalue weighted by Crippen LogP contribution is -2.25. The van der Waals surface area contributed by atoms with E-state index < -0.39 is 14.9 Å². The van der Waals surface area contributed by atoms with E-state index in [2.05, 4.69) is 15.5 Å². The lowest BCUT2D eigenvalue weighted by Gasteiger charge is -2.18. The van der Waals surface area contributed by atoms with Crippen molar-refractivity contribution in [2.45, 2.75) is 4.90 Å². The fourth-order valence-electron chi connectivity index (χ4n) is 2.91. The molecule has 172 valence electrons. The first-order chi connectivity index (χ1) is 15.6. The summed E-state index contributed by atoms with van der Waals surface area (Å²) >= 11 is 0. The van der Waals surface area contributed by atoms with E-state index in [1.807, 2.05) is 25.1 Å². The Labute approximate surface area is 190 Å². The molecule has 0 fully saturated rings. The number of sulfonamides is 1. The number of hydrogen-bond acceptors (Lipinski definition) is 9. The fourth-order valence-corrected chi connectivity index (χ4v) is 4.06. The summed E-state index contributed by atoms with van der Waals surface area (Å²) in [5.41, 5.74) is 1.38. The van der Waals surface area contributed by atoms with Gasteiger partial charge in [0.1, 0.15) is 4.90 Å². The summed E-state index contributed by atoms with van der Waals surface area (Å²) in [4.78, 5) is 12.2. The lowest BCUT2D eigenvalue weighted by atomic mass is 10.2. The van der Waals surface area contributed by atoms with E-state index >= 15 is 0 Å². The van der Waals surface area contributed by atoms with Gasteiger partial charge in [-0.15, -0.1) is 0 Å². The molecule has 0 spiro atoms. The number of nitrogens with one attached hydrogen (secondary N) is 1. The Morgan fingerprint density at radius 1 is 1.30 bits per heavy atom. The minimum absolute atomic E-state index is 0.235. The van der Waals surface area contributed by atoms with Crippen LogP contribution in [0.3, 0.4) is 0 Å². The molecule has 0 unspecified atom stereocenters. The van der Waals surface area contributed by atoms with Crippen LogP contribution in [0.25, 0.3) is 5.52 Å². The van der Waals surface area contributed by atoms with Crippen molar-refractivity contribution >= 4 is 33.1 Å². The number of rotatable bonds is 9. The second-order valence-corrected chi connectivity index (χ2v) is 9.23. The zero-order valence-electron chi connectivity index (χ0n) is 18.2. The number of fused-ring (bicyclic) bond motifs is 1. The number of nitro benzene ring substituents is 1. The molecular formula is C20H22N8O4S. The molecule has 1 aromatic carbocycles. The van der Waals surface area contributed by atoms with Gasteiger partial charge in [-0.3, -0.25) is 10.1 Å². The molecule has 3 aromatic rings. The number of likely N-dealkylation sites (N-methyl/N-ethyl adjacent to an activating group) is 1. The highest BCUT2D eigenvalue weighted by Crippen LogP contribution is 2.28. The molecule has 12 nitrogen and oxygen atoms in total. The summed E-state index contributed by atoms with van der Waals surface area (Å²) in [5.74, 6) is 0. The third-order valence-corrected chi connectivity index (χ3v) is 6.40. The molecule has 0 aliphatic heterocycles. The Morgan fingerprint density at radius 3 is 2.73 bits per heavy atom. The molecule has 0 saturated heterocycles. The molecule has 0 saturated carbocycles. The monoisotopic (exact) mass is 470 g/mol. The van der Waals surface area contributed by atoms with Crippen LogP contribution < -0.4 is 5.32 Å². The van der Waals surface area contributed by atoms with Crippen molar-refractivity contribution in [3.8, 4) is 6.07 Å². The van der Waals surface area contributed by atoms with E-state index in [4.69, 9.17) is 5.26 Å². The Hall–Kier alpha value is -4.02. The molecule has 0 aliphatic carbocycles. The molecule has 13 heteroatoms. The number of aromatic nitrogens is 2. The maximum atomic E-state index is 13.2. The third-order valence-electron chi connectivity index (χ3n) is 4.72. The summed E-state index contributed by atoms with van der Waals surface area (Å²) < 4.78 is 28.7. The molecule has 0 atom stereocenters. The highest BCUT2D eigenvalue weighted by atomic mass is 32.2. The average Bonchev–Trinajstić information content (AvgIpc) is 3.19. The molecule has 2 heterocycles. The molecule has 2 aromatic heterocycles. The maximum absolute atomic E-state index is 13.2. The predicted octanol–water partition coefficient (Wildman–Crippen LogP) is 1.74. The van der Waals surface area contributed by atoms with E-state index in [1.165, 1.54) is 36.1 Å². The minimum Gasteiger partial charge on any atom is -0.383 e. The molecule has 1 N–H and O–H groups in total. The minimum atomic E-state index is -4.22. The largest absolute Gasteiger partial charge is 0.383 e. The highest BCUT2D eigenvalue weighted by Gasteiger charge is 2.26. The number of nitrogens with zero attached hydrogens (tertiary/aromatic N) is 7. The Kier molecular flexibility index (Phi) is 6.90. The quantitative estimate of drug-likeness (QED) is 0.282. The molecule has 0 aliphatic rings. The average molecular weight is 471 g/mol. The van der Waals surface area contributed by atoms with Gasteiger partial charge in [0, 0.05) is 44.0 Å². The summed E-state index contributed by atoms with van der Waals surface area (Å²) in [5, 5.41) is 31.5. The van der Waals surface area contributed by atoms with Gasteiger partial charge in [-0.05, 0) is 32.3 Å². The van der Waals surface area contributed by atoms with E-state index in [-0.39, 0.29) is 16.3 Å². The number of hydrogen-bond donors (Lipinski definition) is 1. The highest BCUT2D eigenvalue weighted by molar-refractivity contribution is 7.89. The van der Waals surface area contributed by atoms with Gasteiger partial charge in [0.25, 0.3) is 15.7 Å². The van der Waals surface area contributed by atoms with Crippen molar-refractivity contribution in [2.24, 2.45) is 5.10 Å². The van der Waals surface area contributed by atoms with Gasteiger partial charge >= 0.3 is 0 Å². The first-order valence-corrected chi connectivity index (χ1v) is 11.1. The van der Waals surface area contributed by atoms with Gasteiger partial charge in [0.2, 0.25) is 0 Å². The number of pyridine rings is 1. The third kappa shape index (κ3) is 5.25. The van der Waals surface area contributed by atoms with Crippen molar-refractivity contribution in [2.75, 3.05) is 39.5 Å². The van der Waals surface area contributed by atoms with Crippen LogP contribution in [-0.2, 0) is 10.0 Å². The molecule has 0 radical (unpaired) electrons. The van der Waals surface area contributed by atoms with Crippen LogP contribution in [0.1, 0.15) is 11.1 Å². The molecule has 3 rings (SSSR count). The SMILES string of the molecule is CN(C)CCNc1ccc([N+](=O)[O-])cc1S(=O)(=O)N(C)/N=C/c1cnn2ccc(C#N)cc12. The zero-order chi connectivity index (χ0) is 24.2. The van der Waals surface area contributed by atoms with Crippen molar-refractivity contribution < 1.29 is 13.3 Å². The van der Waals surface area contributed by atoms with E-state index in [1.54, 1.807) is 18.3 Å². The van der Waals surface area contributed by atoms with E-state index in [0.29, 0.717) is 29.7 Å². The summed E-state index contributed by atoms with van der Waals surface area (Å²) in [6, 6.07) is 8.86. The molecule has 33 heavy (non-hydrogen) atoms. The van der Waals surface area contributed by atoms with Crippen molar-refractivity contribution in [3.63, 3.8) is 0 Å². The van der Waals surface area contributed by atoms with Crippen LogP contribution >= 0.6 is 0 Å². The van der Waals surface area contributed by atoms with Crippen LogP contribution in [0.5, 0.6) is 0 Å². The fraction of sp³-hybridized carbons (Fsp3) is 0.250. The van der Waals surface area contributed by atoms with Crippen molar-refractivity contribution in [1.82, 2.24) is 18.9 Å². The Balaban J connectivity index is 1.94. The van der Waals surface area contributed by atoms with E-state index in [0.717, 1.165) is 10.5 Å². The van der Waals surface area contributed by atoms with Gasteiger partial charge in [-0.2, -0.15) is 28.3 Å². The standard InChI is InChI=1S/C20H22N8O4S/c1-25(2)9-7-22-18-5-4-17(28(29)30)11-20(18)33(31,32)26(3)23-13-16-14-24-27-8-6-15(12-21)10-19(16)27/h4-6,8,10-11,13-14,22H,7,9H2,1-3H3/b23-13+. The first kappa shape index (κ1) is 23.6. The molecule has 0 bridgehead atoms. The summed E-state index contributed by atoms with van der Waals surface area (Å²) in [7, 11) is 0.762. The Bertz CT molecular complexity index is 1360. The van der Waals surface area contributed by atoms with Crippen LogP contribution in [0.4, 0.5) is 11.4 Å². The summed E-state index contributed by atoms with van der Waals surface area (Å²) in [6.45, 7) is 1.06. The number of non-ortho nitro benzene ring substituents is 1. The number of hydrazone groups is 1. The second-order valence-electron chi connectivity index (χ2n) is 7.31. The van der Waals surface area contributed by atoms with Gasteiger partial charge < -0.3 is 10.2 Å². The van der Waals surface area contributed by atoms with Crippen molar-refractivity contribution in [3.05, 3.63) is 64.0 Å². The van der Waals surface area contributed by atoms with Crippen LogP contribution in [0.15, 0.2) is 52.7 Å². The van der Waals surface area contributed by atoms with Gasteiger partial charge in [-0.1, -0.05) is 0 Å². The number of benzene rings is 1. The van der Waals surface area contributed by atoms with Crippen LogP contribution in [0.2, 0.25) is 0 Å². The normalized spacial score (nSPS) is 11.7. The number of nitriles is 1. The van der Waals surface area contributed by atoms with Crippen LogP contribution in [-0.4, -0.2) is 72.7 Å². The second kappa shape index (κ2) is 9.63. The smallest absolute Gasteiger partial charge is 0.281 e. The first-order valence-electron chi connectivity index (χ1n) is 9.71. The topological polar surface area (TPSA) is 149 Å². The maximum Gasteiger partial charge on any atom is 0.281 e. The molecular weight excluding hydrogens is 448 g/mol. The van der Waals surface area contributed by atoms with E-state index in [9.17, 15) is 18.5 Å². The van der Waals surface area contributed by atoms with Crippen molar-refractivity contribution in [1.29, 1.82) is 5.26 Å². The van der Waals surface area contributed by atoms with Gasteiger partial charge in [0.15, 0.2) is 0 Å². The number of anilines is 1. The predicted molar refractivity (Wildman–Crippen MR) is 123 cm³/mol. The van der Waals surface area contributed by atoms with Crippen LogP contribution in [0, 0.1) is 21.4 Å². The van der Waals surface area contributed by atoms with Gasteiger partial charge in [-0.25, -0.2) is 4.52 Å². The Morgan fingerprint density at radius 2 is 2.06 bits per heavy atom.